The van der Waals surface area contributed by atoms with Gasteiger partial charge in [-0.05, 0) is 36.8 Å². The Morgan fingerprint density at radius 2 is 1.81 bits per heavy atom. The van der Waals surface area contributed by atoms with Gasteiger partial charge in [-0.15, -0.1) is 0 Å². The number of rotatable bonds is 4. The van der Waals surface area contributed by atoms with E-state index in [2.05, 4.69) is 15.5 Å². The first-order valence-electron chi connectivity index (χ1n) is 6.15. The van der Waals surface area contributed by atoms with E-state index in [1.165, 1.54) is 24.5 Å². The van der Waals surface area contributed by atoms with Gasteiger partial charge in [0, 0.05) is 11.9 Å². The molecule has 1 amide bonds. The van der Waals surface area contributed by atoms with Crippen molar-refractivity contribution in [2.24, 2.45) is 5.10 Å². The number of benzene rings is 1. The highest BCUT2D eigenvalue weighted by Crippen LogP contribution is 2.02. The minimum atomic E-state index is -0.987. The van der Waals surface area contributed by atoms with Gasteiger partial charge in [0.2, 0.25) is 0 Å². The molecule has 0 fully saturated rings. The standard InChI is InChI=1S/C15H13N3O3/c1-10-2-5-13(9-16-10)14(19)18-17-8-11-3-6-12(7-4-11)15(20)21/h2-9H,1H3,(H,18,19)(H,20,21)/b17-8-. The molecular weight excluding hydrogens is 270 g/mol. The average molecular weight is 283 g/mol. The zero-order valence-electron chi connectivity index (χ0n) is 11.3. The second kappa shape index (κ2) is 6.42. The van der Waals surface area contributed by atoms with E-state index in [4.69, 9.17) is 5.11 Å². The van der Waals surface area contributed by atoms with Crippen LogP contribution in [0.15, 0.2) is 47.7 Å². The molecule has 0 saturated carbocycles. The van der Waals surface area contributed by atoms with Crippen LogP contribution >= 0.6 is 0 Å². The quantitative estimate of drug-likeness (QED) is 0.661. The molecule has 0 spiro atoms. The van der Waals surface area contributed by atoms with Crippen LogP contribution in [-0.4, -0.2) is 28.2 Å². The highest BCUT2D eigenvalue weighted by molar-refractivity contribution is 5.94. The Morgan fingerprint density at radius 3 is 2.38 bits per heavy atom. The molecule has 21 heavy (non-hydrogen) atoms. The van der Waals surface area contributed by atoms with Gasteiger partial charge in [-0.2, -0.15) is 5.10 Å². The van der Waals surface area contributed by atoms with Crippen LogP contribution < -0.4 is 5.43 Å². The third kappa shape index (κ3) is 3.97. The van der Waals surface area contributed by atoms with Gasteiger partial charge in [0.1, 0.15) is 0 Å². The van der Waals surface area contributed by atoms with Gasteiger partial charge >= 0.3 is 5.97 Å². The molecule has 6 nitrogen and oxygen atoms in total. The molecule has 0 aliphatic carbocycles. The number of carboxylic acids is 1. The number of aromatic carboxylic acids is 1. The van der Waals surface area contributed by atoms with E-state index in [0.29, 0.717) is 11.1 Å². The first-order valence-corrected chi connectivity index (χ1v) is 6.15. The van der Waals surface area contributed by atoms with Gasteiger partial charge in [-0.3, -0.25) is 9.78 Å². The number of carbonyl (C=O) groups excluding carboxylic acids is 1. The fourth-order valence-electron chi connectivity index (χ4n) is 1.54. The normalized spacial score (nSPS) is 10.5. The SMILES string of the molecule is Cc1ccc(C(=O)N/N=C\c2ccc(C(=O)O)cc2)cn1. The average Bonchev–Trinajstić information content (AvgIpc) is 2.48. The highest BCUT2D eigenvalue weighted by Gasteiger charge is 2.04. The van der Waals surface area contributed by atoms with E-state index in [1.807, 2.05) is 6.92 Å². The molecule has 2 N–H and O–H groups in total. The van der Waals surface area contributed by atoms with E-state index < -0.39 is 5.97 Å². The Labute approximate surface area is 121 Å². The highest BCUT2D eigenvalue weighted by atomic mass is 16.4. The third-order valence-corrected chi connectivity index (χ3v) is 2.71. The molecule has 2 rings (SSSR count). The molecule has 0 bridgehead atoms. The number of carbonyl (C=O) groups is 2. The van der Waals surface area contributed by atoms with Crippen LogP contribution in [0.3, 0.4) is 0 Å². The van der Waals surface area contributed by atoms with Crippen molar-refractivity contribution in [1.29, 1.82) is 0 Å². The first-order chi connectivity index (χ1) is 10.1. The lowest BCUT2D eigenvalue weighted by Gasteiger charge is -2.00. The molecule has 1 heterocycles. The summed E-state index contributed by atoms with van der Waals surface area (Å²) >= 11 is 0. The number of aryl methyl sites for hydroxylation is 1. The predicted octanol–water partition coefficient (Wildman–Crippen LogP) is 1.85. The molecule has 0 saturated heterocycles. The van der Waals surface area contributed by atoms with E-state index in [0.717, 1.165) is 5.69 Å². The lowest BCUT2D eigenvalue weighted by molar-refractivity contribution is 0.0696. The van der Waals surface area contributed by atoms with Crippen molar-refractivity contribution in [3.8, 4) is 0 Å². The van der Waals surface area contributed by atoms with Gasteiger partial charge < -0.3 is 5.11 Å². The van der Waals surface area contributed by atoms with E-state index in [9.17, 15) is 9.59 Å². The molecule has 0 aliphatic rings. The molecule has 2 aromatic rings. The maximum absolute atomic E-state index is 11.7. The van der Waals surface area contributed by atoms with Crippen molar-refractivity contribution in [1.82, 2.24) is 10.4 Å². The second-order valence-electron chi connectivity index (χ2n) is 4.31. The van der Waals surface area contributed by atoms with Gasteiger partial charge in [-0.25, -0.2) is 10.2 Å². The van der Waals surface area contributed by atoms with Gasteiger partial charge in [0.25, 0.3) is 5.91 Å². The number of carboxylic acid groups (broad SMARTS) is 1. The lowest BCUT2D eigenvalue weighted by atomic mass is 10.1. The van der Waals surface area contributed by atoms with Crippen molar-refractivity contribution >= 4 is 18.1 Å². The maximum Gasteiger partial charge on any atom is 0.335 e. The van der Waals surface area contributed by atoms with E-state index in [-0.39, 0.29) is 11.5 Å². The van der Waals surface area contributed by atoms with Crippen molar-refractivity contribution in [2.75, 3.05) is 0 Å². The Morgan fingerprint density at radius 1 is 1.14 bits per heavy atom. The summed E-state index contributed by atoms with van der Waals surface area (Å²) in [5.74, 6) is -1.35. The van der Waals surface area contributed by atoms with Crippen LogP contribution in [-0.2, 0) is 0 Å². The predicted molar refractivity (Wildman–Crippen MR) is 77.4 cm³/mol. The maximum atomic E-state index is 11.7. The summed E-state index contributed by atoms with van der Waals surface area (Å²) in [6.45, 7) is 1.83. The summed E-state index contributed by atoms with van der Waals surface area (Å²) in [5, 5.41) is 12.6. The van der Waals surface area contributed by atoms with Gasteiger partial charge in [0.15, 0.2) is 0 Å². The molecule has 1 aromatic heterocycles. The summed E-state index contributed by atoms with van der Waals surface area (Å²) in [5.41, 5.74) is 4.50. The lowest BCUT2D eigenvalue weighted by Crippen LogP contribution is -2.17. The zero-order valence-corrected chi connectivity index (χ0v) is 11.3. The summed E-state index contributed by atoms with van der Waals surface area (Å²) in [4.78, 5) is 26.5. The number of nitrogens with one attached hydrogen (secondary N) is 1. The number of aromatic nitrogens is 1. The number of amides is 1. The fourth-order valence-corrected chi connectivity index (χ4v) is 1.54. The number of pyridine rings is 1. The van der Waals surface area contributed by atoms with Crippen LogP contribution in [0.4, 0.5) is 0 Å². The topological polar surface area (TPSA) is 91.7 Å². The number of nitrogens with zero attached hydrogens (tertiary/aromatic N) is 2. The van der Waals surface area contributed by atoms with Crippen molar-refractivity contribution in [3.05, 3.63) is 65.0 Å². The number of hydrogen-bond donors (Lipinski definition) is 2. The Kier molecular flexibility index (Phi) is 4.40. The van der Waals surface area contributed by atoms with Crippen LogP contribution in [0.25, 0.3) is 0 Å². The molecule has 0 aliphatic heterocycles. The van der Waals surface area contributed by atoms with Crippen LogP contribution in [0.1, 0.15) is 32.0 Å². The summed E-state index contributed by atoms with van der Waals surface area (Å²) in [6.07, 6.45) is 2.91. The second-order valence-corrected chi connectivity index (χ2v) is 4.31. The minimum Gasteiger partial charge on any atom is -0.478 e. The Hall–Kier alpha value is -3.02. The van der Waals surface area contributed by atoms with Crippen molar-refractivity contribution < 1.29 is 14.7 Å². The number of hydrazone groups is 1. The Bertz CT molecular complexity index is 676. The Balaban J connectivity index is 1.97. The molecular formula is C15H13N3O3. The smallest absolute Gasteiger partial charge is 0.335 e. The molecule has 0 unspecified atom stereocenters. The largest absolute Gasteiger partial charge is 0.478 e. The monoisotopic (exact) mass is 283 g/mol. The van der Waals surface area contributed by atoms with Gasteiger partial charge in [-0.1, -0.05) is 12.1 Å². The molecule has 1 aromatic carbocycles. The summed E-state index contributed by atoms with van der Waals surface area (Å²) in [7, 11) is 0. The zero-order chi connectivity index (χ0) is 15.2. The minimum absolute atomic E-state index is 0.196. The molecule has 0 radical (unpaired) electrons. The third-order valence-electron chi connectivity index (χ3n) is 2.71. The fraction of sp³-hybridized carbons (Fsp3) is 0.0667. The molecule has 0 atom stereocenters. The van der Waals surface area contributed by atoms with E-state index in [1.54, 1.807) is 24.3 Å². The van der Waals surface area contributed by atoms with Crippen molar-refractivity contribution in [2.45, 2.75) is 6.92 Å². The van der Waals surface area contributed by atoms with Crippen LogP contribution in [0.2, 0.25) is 0 Å². The van der Waals surface area contributed by atoms with Gasteiger partial charge in [0.05, 0.1) is 17.3 Å². The van der Waals surface area contributed by atoms with Crippen LogP contribution in [0.5, 0.6) is 0 Å². The van der Waals surface area contributed by atoms with Crippen LogP contribution in [0, 0.1) is 6.92 Å². The summed E-state index contributed by atoms with van der Waals surface area (Å²) < 4.78 is 0. The molecule has 6 heteroatoms. The number of hydrogen-bond acceptors (Lipinski definition) is 4. The first kappa shape index (κ1) is 14.4. The summed E-state index contributed by atoms with van der Waals surface area (Å²) in [6, 6.07) is 9.54. The van der Waals surface area contributed by atoms with E-state index >= 15 is 0 Å². The van der Waals surface area contributed by atoms with Crippen molar-refractivity contribution in [3.63, 3.8) is 0 Å². The molecule has 106 valence electrons.